The molecule has 3 nitrogen and oxygen atoms in total. The predicted molar refractivity (Wildman–Crippen MR) is 86.3 cm³/mol. The first-order valence-electron chi connectivity index (χ1n) is 6.40. The maximum Gasteiger partial charge on any atom is 0.118 e. The number of aromatic amines is 1. The van der Waals surface area contributed by atoms with Gasteiger partial charge in [0.05, 0.1) is 12.6 Å². The monoisotopic (exact) mass is 330 g/mol. The molecule has 0 saturated heterocycles. The Kier molecular flexibility index (Phi) is 3.65. The fourth-order valence-electron chi connectivity index (χ4n) is 2.22. The molecule has 3 aromatic rings. The summed E-state index contributed by atoms with van der Waals surface area (Å²) in [6.45, 7) is 0.784. The summed E-state index contributed by atoms with van der Waals surface area (Å²) in [5.74, 6) is 0.880. The second kappa shape index (κ2) is 5.59. The van der Waals surface area contributed by atoms with Crippen LogP contribution >= 0.6 is 15.9 Å². The van der Waals surface area contributed by atoms with Gasteiger partial charge < -0.3 is 15.0 Å². The fourth-order valence-corrected chi connectivity index (χ4v) is 2.68. The minimum atomic E-state index is 0.784. The molecule has 3 rings (SSSR count). The molecule has 0 amide bonds. The number of fused-ring (bicyclic) bond motifs is 1. The number of hydrogen-bond donors (Lipinski definition) is 2. The van der Waals surface area contributed by atoms with Crippen LogP contribution in [0, 0.1) is 0 Å². The summed E-state index contributed by atoms with van der Waals surface area (Å²) in [7, 11) is 1.68. The summed E-state index contributed by atoms with van der Waals surface area (Å²) in [6, 6.07) is 14.3. The topological polar surface area (TPSA) is 37.0 Å². The summed E-state index contributed by atoms with van der Waals surface area (Å²) in [5.41, 5.74) is 3.46. The molecule has 1 heterocycles. The van der Waals surface area contributed by atoms with Crippen molar-refractivity contribution in [3.8, 4) is 5.75 Å². The van der Waals surface area contributed by atoms with Crippen molar-refractivity contribution in [3.63, 3.8) is 0 Å². The minimum Gasteiger partial charge on any atom is -0.497 e. The number of nitrogens with one attached hydrogen (secondary N) is 2. The number of aromatic nitrogens is 1. The molecular weight excluding hydrogens is 316 g/mol. The lowest BCUT2D eigenvalue weighted by atomic mass is 10.2. The van der Waals surface area contributed by atoms with E-state index in [4.69, 9.17) is 4.74 Å². The normalized spacial score (nSPS) is 10.7. The van der Waals surface area contributed by atoms with Crippen LogP contribution in [0.5, 0.6) is 5.75 Å². The molecule has 0 atom stereocenters. The molecule has 20 heavy (non-hydrogen) atoms. The fraction of sp³-hybridized carbons (Fsp3) is 0.125. The van der Waals surface area contributed by atoms with Gasteiger partial charge >= 0.3 is 0 Å². The van der Waals surface area contributed by atoms with E-state index in [9.17, 15) is 0 Å². The van der Waals surface area contributed by atoms with Crippen LogP contribution in [-0.2, 0) is 6.54 Å². The van der Waals surface area contributed by atoms with Crippen LogP contribution in [0.2, 0.25) is 0 Å². The lowest BCUT2D eigenvalue weighted by molar-refractivity contribution is 0.414. The van der Waals surface area contributed by atoms with Gasteiger partial charge in [-0.05, 0) is 51.8 Å². The Morgan fingerprint density at radius 2 is 1.90 bits per heavy atom. The van der Waals surface area contributed by atoms with Gasteiger partial charge in [0.25, 0.3) is 0 Å². The smallest absolute Gasteiger partial charge is 0.118 e. The number of methoxy groups -OCH3 is 1. The minimum absolute atomic E-state index is 0.784. The van der Waals surface area contributed by atoms with E-state index in [1.807, 2.05) is 18.3 Å². The molecule has 0 aliphatic rings. The van der Waals surface area contributed by atoms with E-state index in [1.165, 1.54) is 10.9 Å². The Labute approximate surface area is 126 Å². The Balaban J connectivity index is 1.79. The Hall–Kier alpha value is -1.94. The van der Waals surface area contributed by atoms with Crippen molar-refractivity contribution < 1.29 is 4.74 Å². The summed E-state index contributed by atoms with van der Waals surface area (Å²) in [6.07, 6.45) is 1.95. The average molecular weight is 331 g/mol. The van der Waals surface area contributed by atoms with Gasteiger partial charge in [0.2, 0.25) is 0 Å². The van der Waals surface area contributed by atoms with Crippen molar-refractivity contribution in [2.45, 2.75) is 6.54 Å². The molecule has 0 fully saturated rings. The zero-order chi connectivity index (χ0) is 13.9. The van der Waals surface area contributed by atoms with Crippen molar-refractivity contribution in [1.82, 2.24) is 4.98 Å². The third kappa shape index (κ3) is 2.51. The van der Waals surface area contributed by atoms with Crippen LogP contribution in [0.15, 0.2) is 53.1 Å². The first-order chi connectivity index (χ1) is 9.78. The lowest BCUT2D eigenvalue weighted by Crippen LogP contribution is -1.99. The van der Waals surface area contributed by atoms with Crippen molar-refractivity contribution in [2.75, 3.05) is 12.4 Å². The maximum absolute atomic E-state index is 5.16. The van der Waals surface area contributed by atoms with Crippen LogP contribution < -0.4 is 10.1 Å². The molecule has 4 heteroatoms. The Bertz CT molecular complexity index is 719. The quantitative estimate of drug-likeness (QED) is 0.736. The van der Waals surface area contributed by atoms with Crippen molar-refractivity contribution >= 4 is 32.5 Å². The van der Waals surface area contributed by atoms with E-state index >= 15 is 0 Å². The van der Waals surface area contributed by atoms with E-state index in [-0.39, 0.29) is 0 Å². The van der Waals surface area contributed by atoms with Crippen molar-refractivity contribution in [2.24, 2.45) is 0 Å². The molecule has 2 N–H and O–H groups in total. The van der Waals surface area contributed by atoms with Gasteiger partial charge in [0.1, 0.15) is 5.75 Å². The number of halogens is 1. The SMILES string of the molecule is COc1ccc(CNc2ccc(Br)c3[nH]ccc23)cc1. The number of hydrogen-bond acceptors (Lipinski definition) is 2. The molecule has 0 unspecified atom stereocenters. The number of ether oxygens (including phenoxy) is 1. The highest BCUT2D eigenvalue weighted by Crippen LogP contribution is 2.29. The third-order valence-electron chi connectivity index (χ3n) is 3.31. The summed E-state index contributed by atoms with van der Waals surface area (Å²) >= 11 is 3.55. The molecule has 1 aromatic heterocycles. The predicted octanol–water partition coefficient (Wildman–Crippen LogP) is 4.55. The van der Waals surface area contributed by atoms with Gasteiger partial charge in [-0.15, -0.1) is 0 Å². The molecule has 0 aliphatic carbocycles. The molecule has 102 valence electrons. The third-order valence-corrected chi connectivity index (χ3v) is 3.98. The molecule has 0 bridgehead atoms. The zero-order valence-electron chi connectivity index (χ0n) is 11.1. The van der Waals surface area contributed by atoms with Gasteiger partial charge in [-0.3, -0.25) is 0 Å². The van der Waals surface area contributed by atoms with E-state index in [2.05, 4.69) is 56.6 Å². The van der Waals surface area contributed by atoms with E-state index in [1.54, 1.807) is 7.11 Å². The molecular formula is C16H15BrN2O. The highest BCUT2D eigenvalue weighted by molar-refractivity contribution is 9.10. The van der Waals surface area contributed by atoms with Crippen LogP contribution in [0.25, 0.3) is 10.9 Å². The second-order valence-corrected chi connectivity index (χ2v) is 5.42. The Morgan fingerprint density at radius 1 is 1.10 bits per heavy atom. The largest absolute Gasteiger partial charge is 0.497 e. The molecule has 0 radical (unpaired) electrons. The summed E-state index contributed by atoms with van der Waals surface area (Å²) in [4.78, 5) is 3.24. The van der Waals surface area contributed by atoms with Crippen molar-refractivity contribution in [1.29, 1.82) is 0 Å². The van der Waals surface area contributed by atoms with Gasteiger partial charge in [-0.1, -0.05) is 12.1 Å². The van der Waals surface area contributed by atoms with Crippen LogP contribution in [0.1, 0.15) is 5.56 Å². The molecule has 0 spiro atoms. The molecule has 0 saturated carbocycles. The first-order valence-corrected chi connectivity index (χ1v) is 7.19. The highest BCUT2D eigenvalue weighted by Gasteiger charge is 2.05. The Morgan fingerprint density at radius 3 is 2.65 bits per heavy atom. The van der Waals surface area contributed by atoms with E-state index in [0.29, 0.717) is 0 Å². The standard InChI is InChI=1S/C16H15BrN2O/c1-20-12-4-2-11(3-5-12)10-19-15-7-6-14(17)16-13(15)8-9-18-16/h2-9,18-19H,10H2,1H3. The summed E-state index contributed by atoms with van der Waals surface area (Å²) in [5, 5.41) is 4.66. The van der Waals surface area contributed by atoms with Crippen molar-refractivity contribution in [3.05, 3.63) is 58.7 Å². The number of rotatable bonds is 4. The van der Waals surface area contributed by atoms with E-state index in [0.717, 1.165) is 28.0 Å². The van der Waals surface area contributed by atoms with Crippen LogP contribution in [0.4, 0.5) is 5.69 Å². The zero-order valence-corrected chi connectivity index (χ0v) is 12.7. The number of H-pyrrole nitrogens is 1. The van der Waals surface area contributed by atoms with E-state index < -0.39 is 0 Å². The highest BCUT2D eigenvalue weighted by atomic mass is 79.9. The summed E-state index contributed by atoms with van der Waals surface area (Å²) < 4.78 is 6.24. The lowest BCUT2D eigenvalue weighted by Gasteiger charge is -2.09. The molecule has 2 aromatic carbocycles. The number of anilines is 1. The van der Waals surface area contributed by atoms with Gasteiger partial charge in [-0.2, -0.15) is 0 Å². The van der Waals surface area contributed by atoms with Crippen LogP contribution in [0.3, 0.4) is 0 Å². The first kappa shape index (κ1) is 13.1. The van der Waals surface area contributed by atoms with Gasteiger partial charge in [0, 0.05) is 28.3 Å². The van der Waals surface area contributed by atoms with Crippen LogP contribution in [-0.4, -0.2) is 12.1 Å². The number of benzene rings is 2. The molecule has 0 aliphatic heterocycles. The second-order valence-electron chi connectivity index (χ2n) is 4.56. The average Bonchev–Trinajstić information content (AvgIpc) is 2.98. The maximum atomic E-state index is 5.16. The van der Waals surface area contributed by atoms with Gasteiger partial charge in [-0.25, -0.2) is 0 Å². The van der Waals surface area contributed by atoms with Gasteiger partial charge in [0.15, 0.2) is 0 Å².